The van der Waals surface area contributed by atoms with Gasteiger partial charge in [0, 0.05) is 18.9 Å². The molecule has 0 aliphatic carbocycles. The number of aliphatic hydroxyl groups excluding tert-OH is 1. The van der Waals surface area contributed by atoms with Gasteiger partial charge in [0.15, 0.2) is 11.5 Å². The topological polar surface area (TPSA) is 92.9 Å². The Morgan fingerprint density at radius 1 is 1.25 bits per heavy atom. The van der Waals surface area contributed by atoms with Crippen LogP contribution in [-0.2, 0) is 11.3 Å². The Hall–Kier alpha value is -4.13. The molecule has 0 radical (unpaired) electrons. The number of amides is 1. The molecule has 1 aliphatic heterocycles. The largest absolute Gasteiger partial charge is 0.503 e. The SMILES string of the molecule is C=CCOc1ccc([C@@H]2C(C(=O)c3ccc(C)o3)=C(O)C(=O)N2Cc2cccnc2)cc1. The summed E-state index contributed by atoms with van der Waals surface area (Å²) in [5.41, 5.74) is 1.41. The van der Waals surface area contributed by atoms with Crippen LogP contribution in [0.25, 0.3) is 0 Å². The van der Waals surface area contributed by atoms with E-state index in [4.69, 9.17) is 9.15 Å². The Bertz CT molecular complexity index is 1180. The van der Waals surface area contributed by atoms with Crippen molar-refractivity contribution in [2.24, 2.45) is 0 Å². The Balaban J connectivity index is 1.75. The molecule has 7 heteroatoms. The van der Waals surface area contributed by atoms with Crippen molar-refractivity contribution in [3.8, 4) is 5.75 Å². The molecule has 3 heterocycles. The van der Waals surface area contributed by atoms with Gasteiger partial charge >= 0.3 is 0 Å². The smallest absolute Gasteiger partial charge is 0.290 e. The van der Waals surface area contributed by atoms with Crippen LogP contribution in [0.1, 0.15) is 33.5 Å². The number of rotatable bonds is 8. The maximum absolute atomic E-state index is 13.3. The molecule has 3 aromatic rings. The highest BCUT2D eigenvalue weighted by molar-refractivity contribution is 6.15. The minimum Gasteiger partial charge on any atom is -0.503 e. The third-order valence-corrected chi connectivity index (χ3v) is 5.15. The van der Waals surface area contributed by atoms with Crippen molar-refractivity contribution in [1.29, 1.82) is 0 Å². The molecule has 1 aromatic carbocycles. The highest BCUT2D eigenvalue weighted by Crippen LogP contribution is 2.40. The van der Waals surface area contributed by atoms with Crippen LogP contribution in [0.15, 0.2) is 89.3 Å². The Kier molecular flexibility index (Phi) is 5.89. The number of aryl methyl sites for hydroxylation is 1. The molecule has 162 valence electrons. The zero-order chi connectivity index (χ0) is 22.7. The fourth-order valence-corrected chi connectivity index (χ4v) is 3.67. The van der Waals surface area contributed by atoms with Crippen molar-refractivity contribution in [3.05, 3.63) is 108 Å². The average molecular weight is 430 g/mol. The van der Waals surface area contributed by atoms with Crippen LogP contribution in [0.2, 0.25) is 0 Å². The number of Topliss-reactive ketones (excluding diaryl/α,β-unsaturated/α-hetero) is 1. The number of nitrogens with zero attached hydrogens (tertiary/aromatic N) is 2. The third-order valence-electron chi connectivity index (χ3n) is 5.15. The highest BCUT2D eigenvalue weighted by atomic mass is 16.5. The molecule has 1 aliphatic rings. The Morgan fingerprint density at radius 3 is 2.66 bits per heavy atom. The Morgan fingerprint density at radius 2 is 2.03 bits per heavy atom. The number of carbonyl (C=O) groups is 2. The van der Waals surface area contributed by atoms with Gasteiger partial charge in [-0.3, -0.25) is 14.6 Å². The third kappa shape index (κ3) is 4.05. The second-order valence-electron chi connectivity index (χ2n) is 7.37. The number of hydrogen-bond acceptors (Lipinski definition) is 6. The second kappa shape index (κ2) is 8.93. The minimum absolute atomic E-state index is 0.0204. The first-order valence-corrected chi connectivity index (χ1v) is 10.1. The summed E-state index contributed by atoms with van der Waals surface area (Å²) in [6.45, 7) is 5.88. The quantitative estimate of drug-likeness (QED) is 0.422. The molecule has 0 spiro atoms. The summed E-state index contributed by atoms with van der Waals surface area (Å²) in [7, 11) is 0. The van der Waals surface area contributed by atoms with Gasteiger partial charge < -0.3 is 19.2 Å². The summed E-state index contributed by atoms with van der Waals surface area (Å²) >= 11 is 0. The summed E-state index contributed by atoms with van der Waals surface area (Å²) in [6.07, 6.45) is 4.92. The van der Waals surface area contributed by atoms with Crippen LogP contribution in [-0.4, -0.2) is 33.3 Å². The normalized spacial score (nSPS) is 15.8. The first-order valence-electron chi connectivity index (χ1n) is 10.1. The van der Waals surface area contributed by atoms with Crippen molar-refractivity contribution >= 4 is 11.7 Å². The van der Waals surface area contributed by atoms with E-state index in [1.807, 2.05) is 6.07 Å². The van der Waals surface area contributed by atoms with Gasteiger partial charge in [-0.25, -0.2) is 0 Å². The predicted octanol–water partition coefficient (Wildman–Crippen LogP) is 4.33. The Labute approximate surface area is 185 Å². The number of aliphatic hydroxyl groups is 1. The van der Waals surface area contributed by atoms with Gasteiger partial charge in [-0.2, -0.15) is 0 Å². The minimum atomic E-state index is -0.797. The summed E-state index contributed by atoms with van der Waals surface area (Å²) in [5, 5.41) is 10.7. The summed E-state index contributed by atoms with van der Waals surface area (Å²) < 4.78 is 11.0. The van der Waals surface area contributed by atoms with Crippen molar-refractivity contribution in [2.75, 3.05) is 6.61 Å². The van der Waals surface area contributed by atoms with Gasteiger partial charge in [0.2, 0.25) is 5.78 Å². The van der Waals surface area contributed by atoms with E-state index in [1.165, 1.54) is 11.0 Å². The first kappa shape index (κ1) is 21.1. The lowest BCUT2D eigenvalue weighted by Gasteiger charge is -2.26. The van der Waals surface area contributed by atoms with Crippen molar-refractivity contribution in [1.82, 2.24) is 9.88 Å². The molecule has 0 bridgehead atoms. The first-order chi connectivity index (χ1) is 15.5. The van der Waals surface area contributed by atoms with Gasteiger partial charge in [-0.05, 0) is 48.4 Å². The molecule has 1 amide bonds. The van der Waals surface area contributed by atoms with Crippen LogP contribution in [0.5, 0.6) is 5.75 Å². The molecule has 1 N–H and O–H groups in total. The highest BCUT2D eigenvalue weighted by Gasteiger charge is 2.44. The summed E-state index contributed by atoms with van der Waals surface area (Å²) in [6, 6.07) is 13.0. The molecule has 0 saturated heterocycles. The molecule has 7 nitrogen and oxygen atoms in total. The number of hydrogen-bond donors (Lipinski definition) is 1. The number of aromatic nitrogens is 1. The van der Waals surface area contributed by atoms with E-state index >= 15 is 0 Å². The molecular formula is C25H22N2O5. The number of benzene rings is 1. The van der Waals surface area contributed by atoms with Crippen LogP contribution in [0, 0.1) is 6.92 Å². The van der Waals surface area contributed by atoms with Crippen LogP contribution in [0.4, 0.5) is 0 Å². The molecule has 0 unspecified atom stereocenters. The number of furan rings is 1. The lowest BCUT2D eigenvalue weighted by Crippen LogP contribution is -2.30. The molecule has 32 heavy (non-hydrogen) atoms. The van der Waals surface area contributed by atoms with Gasteiger partial charge in [0.25, 0.3) is 5.91 Å². The van der Waals surface area contributed by atoms with Crippen molar-refractivity contribution in [3.63, 3.8) is 0 Å². The van der Waals surface area contributed by atoms with E-state index in [0.717, 1.165) is 5.56 Å². The van der Waals surface area contributed by atoms with E-state index in [-0.39, 0.29) is 17.9 Å². The monoisotopic (exact) mass is 430 g/mol. The predicted molar refractivity (Wildman–Crippen MR) is 117 cm³/mol. The van der Waals surface area contributed by atoms with Gasteiger partial charge in [-0.1, -0.05) is 30.9 Å². The van der Waals surface area contributed by atoms with E-state index in [1.54, 1.807) is 61.8 Å². The molecular weight excluding hydrogens is 408 g/mol. The van der Waals surface area contributed by atoms with Gasteiger partial charge in [0.05, 0.1) is 11.6 Å². The average Bonchev–Trinajstić information content (AvgIpc) is 3.35. The number of pyridine rings is 1. The maximum atomic E-state index is 13.3. The second-order valence-corrected chi connectivity index (χ2v) is 7.37. The van der Waals surface area contributed by atoms with Crippen LogP contribution in [0.3, 0.4) is 0 Å². The molecule has 4 rings (SSSR count). The zero-order valence-electron chi connectivity index (χ0n) is 17.5. The summed E-state index contributed by atoms with van der Waals surface area (Å²) in [4.78, 5) is 31.8. The zero-order valence-corrected chi connectivity index (χ0v) is 17.5. The van der Waals surface area contributed by atoms with Gasteiger partial charge in [0.1, 0.15) is 18.1 Å². The molecule has 0 saturated carbocycles. The van der Waals surface area contributed by atoms with Crippen LogP contribution >= 0.6 is 0 Å². The maximum Gasteiger partial charge on any atom is 0.290 e. The van der Waals surface area contributed by atoms with Crippen molar-refractivity contribution < 1.29 is 23.8 Å². The van der Waals surface area contributed by atoms with Gasteiger partial charge in [-0.15, -0.1) is 0 Å². The fraction of sp³-hybridized carbons (Fsp3) is 0.160. The lowest BCUT2D eigenvalue weighted by atomic mass is 9.95. The fourth-order valence-electron chi connectivity index (χ4n) is 3.67. The lowest BCUT2D eigenvalue weighted by molar-refractivity contribution is -0.130. The molecule has 2 aromatic heterocycles. The van der Waals surface area contributed by atoms with E-state index < -0.39 is 23.5 Å². The number of ketones is 1. The molecule has 0 fully saturated rings. The molecule has 1 atom stereocenters. The van der Waals surface area contributed by atoms with E-state index in [0.29, 0.717) is 23.7 Å². The number of carbonyl (C=O) groups excluding carboxylic acids is 2. The van der Waals surface area contributed by atoms with E-state index in [2.05, 4.69) is 11.6 Å². The van der Waals surface area contributed by atoms with E-state index in [9.17, 15) is 14.7 Å². The standard InChI is InChI=1S/C25H22N2O5/c1-3-13-31-19-9-7-18(8-10-19)22-21(23(28)20-11-6-16(2)32-20)24(29)25(30)27(22)15-17-5-4-12-26-14-17/h3-12,14,22,29H,1,13,15H2,2H3/t22-/m1/s1. The number of ether oxygens (including phenoxy) is 1. The van der Waals surface area contributed by atoms with Crippen molar-refractivity contribution in [2.45, 2.75) is 19.5 Å². The van der Waals surface area contributed by atoms with Crippen LogP contribution < -0.4 is 4.74 Å². The summed E-state index contributed by atoms with van der Waals surface area (Å²) in [5.74, 6) is -0.488.